The highest BCUT2D eigenvalue weighted by Gasteiger charge is 1.96. The lowest BCUT2D eigenvalue weighted by Crippen LogP contribution is -2.28. The van der Waals surface area contributed by atoms with Gasteiger partial charge in [-0.05, 0) is 25.7 Å². The molecule has 4 heteroatoms. The Morgan fingerprint density at radius 2 is 2.27 bits per heavy atom. The number of hydrogen-bond donors (Lipinski definition) is 1. The van der Waals surface area contributed by atoms with Gasteiger partial charge in [0, 0.05) is 19.6 Å². The van der Waals surface area contributed by atoms with Gasteiger partial charge in [-0.1, -0.05) is 6.92 Å². The lowest BCUT2D eigenvalue weighted by atomic mass is 10.3. The monoisotopic (exact) mass is 211 g/mol. The molecular weight excluding hydrogens is 193 g/mol. The average Bonchev–Trinajstić information content (AvgIpc) is 2.26. The van der Waals surface area contributed by atoms with Gasteiger partial charge in [-0.15, -0.1) is 0 Å². The molecule has 0 saturated heterocycles. The molecule has 0 aliphatic carbocycles. The zero-order chi connectivity index (χ0) is 11.1. The molecule has 0 aliphatic rings. The van der Waals surface area contributed by atoms with Gasteiger partial charge in [0.25, 0.3) is 0 Å². The second kappa shape index (κ2) is 6.48. The molecule has 0 aliphatic heterocycles. The summed E-state index contributed by atoms with van der Waals surface area (Å²) in [4.78, 5) is 6.19. The third-order valence-corrected chi connectivity index (χ3v) is 2.30. The van der Waals surface area contributed by atoms with Gasteiger partial charge in [0.1, 0.15) is 5.82 Å². The average molecular weight is 211 g/mol. The number of nitrogens with zero attached hydrogens (tertiary/aromatic N) is 2. The van der Waals surface area contributed by atoms with Crippen molar-refractivity contribution in [1.29, 1.82) is 0 Å². The van der Waals surface area contributed by atoms with Crippen molar-refractivity contribution in [1.82, 2.24) is 15.2 Å². The molecule has 0 aromatic carbocycles. The normalized spacial score (nSPS) is 10.9. The SMILES string of the molecule is CCN(C)CCNCc1ccc(F)cn1. The first-order valence-corrected chi connectivity index (χ1v) is 5.22. The van der Waals surface area contributed by atoms with E-state index in [1.165, 1.54) is 12.3 Å². The first-order valence-electron chi connectivity index (χ1n) is 5.22. The first-order chi connectivity index (χ1) is 7.22. The van der Waals surface area contributed by atoms with Gasteiger partial charge >= 0.3 is 0 Å². The Balaban J connectivity index is 2.17. The number of rotatable bonds is 6. The number of hydrogen-bond acceptors (Lipinski definition) is 3. The maximum atomic E-state index is 12.5. The minimum atomic E-state index is -0.288. The molecule has 1 aromatic rings. The molecular formula is C11H18FN3. The second-order valence-corrected chi connectivity index (χ2v) is 3.54. The third-order valence-electron chi connectivity index (χ3n) is 2.30. The number of likely N-dealkylation sites (N-methyl/N-ethyl adjacent to an activating group) is 1. The molecule has 0 unspecified atom stereocenters. The van der Waals surface area contributed by atoms with E-state index in [1.807, 2.05) is 0 Å². The summed E-state index contributed by atoms with van der Waals surface area (Å²) >= 11 is 0. The Bertz CT molecular complexity index is 274. The highest BCUT2D eigenvalue weighted by atomic mass is 19.1. The Morgan fingerprint density at radius 3 is 2.87 bits per heavy atom. The largest absolute Gasteiger partial charge is 0.310 e. The molecule has 0 bridgehead atoms. The third kappa shape index (κ3) is 4.85. The fourth-order valence-corrected chi connectivity index (χ4v) is 1.16. The highest BCUT2D eigenvalue weighted by Crippen LogP contribution is 1.97. The van der Waals surface area contributed by atoms with Crippen molar-refractivity contribution in [2.24, 2.45) is 0 Å². The number of halogens is 1. The van der Waals surface area contributed by atoms with Gasteiger partial charge in [0.05, 0.1) is 11.9 Å². The van der Waals surface area contributed by atoms with Crippen LogP contribution in [0.25, 0.3) is 0 Å². The number of nitrogens with one attached hydrogen (secondary N) is 1. The zero-order valence-electron chi connectivity index (χ0n) is 9.33. The van der Waals surface area contributed by atoms with Crippen molar-refractivity contribution in [2.75, 3.05) is 26.7 Å². The number of aromatic nitrogens is 1. The fourth-order valence-electron chi connectivity index (χ4n) is 1.16. The van der Waals surface area contributed by atoms with E-state index >= 15 is 0 Å². The summed E-state index contributed by atoms with van der Waals surface area (Å²) in [6.07, 6.45) is 1.25. The van der Waals surface area contributed by atoms with Crippen molar-refractivity contribution >= 4 is 0 Å². The smallest absolute Gasteiger partial charge is 0.141 e. The summed E-state index contributed by atoms with van der Waals surface area (Å²) in [5.41, 5.74) is 0.871. The molecule has 0 saturated carbocycles. The minimum absolute atomic E-state index is 0.288. The predicted molar refractivity (Wildman–Crippen MR) is 59.1 cm³/mol. The Morgan fingerprint density at radius 1 is 1.47 bits per heavy atom. The Labute approximate surface area is 90.3 Å². The predicted octanol–water partition coefficient (Wildman–Crippen LogP) is 1.26. The van der Waals surface area contributed by atoms with E-state index in [-0.39, 0.29) is 5.82 Å². The summed E-state index contributed by atoms with van der Waals surface area (Å²) < 4.78 is 12.5. The molecule has 3 nitrogen and oxygen atoms in total. The van der Waals surface area contributed by atoms with Crippen LogP contribution < -0.4 is 5.32 Å². The minimum Gasteiger partial charge on any atom is -0.310 e. The summed E-state index contributed by atoms with van der Waals surface area (Å²) in [5, 5.41) is 3.26. The van der Waals surface area contributed by atoms with Crippen LogP contribution in [0, 0.1) is 5.82 Å². The zero-order valence-corrected chi connectivity index (χ0v) is 9.33. The van der Waals surface area contributed by atoms with Crippen molar-refractivity contribution in [3.63, 3.8) is 0 Å². The van der Waals surface area contributed by atoms with Gasteiger partial charge in [0.2, 0.25) is 0 Å². The maximum Gasteiger partial charge on any atom is 0.141 e. The summed E-state index contributed by atoms with van der Waals surface area (Å²) in [5.74, 6) is -0.288. The second-order valence-electron chi connectivity index (χ2n) is 3.54. The molecule has 0 atom stereocenters. The van der Waals surface area contributed by atoms with Gasteiger partial charge < -0.3 is 10.2 Å². The molecule has 15 heavy (non-hydrogen) atoms. The van der Waals surface area contributed by atoms with Crippen LogP contribution in [0.1, 0.15) is 12.6 Å². The van der Waals surface area contributed by atoms with E-state index in [0.717, 1.165) is 25.3 Å². The van der Waals surface area contributed by atoms with E-state index in [9.17, 15) is 4.39 Å². The molecule has 1 N–H and O–H groups in total. The van der Waals surface area contributed by atoms with E-state index < -0.39 is 0 Å². The Hall–Kier alpha value is -1.00. The van der Waals surface area contributed by atoms with Gasteiger partial charge in [-0.2, -0.15) is 0 Å². The number of pyridine rings is 1. The molecule has 84 valence electrons. The van der Waals surface area contributed by atoms with Crippen molar-refractivity contribution in [3.8, 4) is 0 Å². The Kier molecular flexibility index (Phi) is 5.21. The fraction of sp³-hybridized carbons (Fsp3) is 0.545. The topological polar surface area (TPSA) is 28.2 Å². The molecule has 0 fully saturated rings. The summed E-state index contributed by atoms with van der Waals surface area (Å²) in [6.45, 7) is 5.80. The summed E-state index contributed by atoms with van der Waals surface area (Å²) in [7, 11) is 2.08. The van der Waals surface area contributed by atoms with Crippen LogP contribution in [0.2, 0.25) is 0 Å². The van der Waals surface area contributed by atoms with E-state index in [4.69, 9.17) is 0 Å². The molecule has 0 radical (unpaired) electrons. The molecule has 1 rings (SSSR count). The van der Waals surface area contributed by atoms with Crippen LogP contribution in [0.15, 0.2) is 18.3 Å². The molecule has 1 heterocycles. The van der Waals surface area contributed by atoms with Crippen molar-refractivity contribution in [3.05, 3.63) is 29.8 Å². The van der Waals surface area contributed by atoms with Crippen LogP contribution in [-0.2, 0) is 6.54 Å². The van der Waals surface area contributed by atoms with Gasteiger partial charge in [0.15, 0.2) is 0 Å². The van der Waals surface area contributed by atoms with Crippen molar-refractivity contribution < 1.29 is 4.39 Å². The van der Waals surface area contributed by atoms with Crippen LogP contribution in [-0.4, -0.2) is 36.6 Å². The molecule has 0 spiro atoms. The standard InChI is InChI=1S/C11H18FN3/c1-3-15(2)7-6-13-9-11-5-4-10(12)8-14-11/h4-5,8,13H,3,6-7,9H2,1-2H3. The highest BCUT2D eigenvalue weighted by molar-refractivity contribution is 5.04. The maximum absolute atomic E-state index is 12.5. The first kappa shape index (κ1) is 12.1. The van der Waals surface area contributed by atoms with Crippen LogP contribution >= 0.6 is 0 Å². The van der Waals surface area contributed by atoms with E-state index in [1.54, 1.807) is 6.07 Å². The lowest BCUT2D eigenvalue weighted by Gasteiger charge is -2.13. The van der Waals surface area contributed by atoms with Gasteiger partial charge in [-0.3, -0.25) is 4.98 Å². The molecule has 1 aromatic heterocycles. The van der Waals surface area contributed by atoms with Crippen LogP contribution in [0.3, 0.4) is 0 Å². The van der Waals surface area contributed by atoms with Crippen LogP contribution in [0.4, 0.5) is 4.39 Å². The van der Waals surface area contributed by atoms with Crippen molar-refractivity contribution in [2.45, 2.75) is 13.5 Å². The summed E-state index contributed by atoms with van der Waals surface area (Å²) in [6, 6.07) is 3.13. The quantitative estimate of drug-likeness (QED) is 0.718. The lowest BCUT2D eigenvalue weighted by molar-refractivity contribution is 0.348. The van der Waals surface area contributed by atoms with Gasteiger partial charge in [-0.25, -0.2) is 4.39 Å². The van der Waals surface area contributed by atoms with E-state index in [2.05, 4.69) is 29.2 Å². The van der Waals surface area contributed by atoms with Crippen LogP contribution in [0.5, 0.6) is 0 Å². The molecule has 0 amide bonds. The van der Waals surface area contributed by atoms with E-state index in [0.29, 0.717) is 6.54 Å².